The smallest absolute Gasteiger partial charge is 0.00934 e. The maximum absolute atomic E-state index is 2.04. The van der Waals surface area contributed by atoms with Gasteiger partial charge in [0.15, 0.2) is 0 Å². The van der Waals surface area contributed by atoms with Gasteiger partial charge in [0.1, 0.15) is 0 Å². The fourth-order valence-corrected chi connectivity index (χ4v) is 1.36. The van der Waals surface area contributed by atoms with Crippen LogP contribution in [0.3, 0.4) is 0 Å². The summed E-state index contributed by atoms with van der Waals surface area (Å²) in [5, 5.41) is 8.17. The number of hydrogen-bond donors (Lipinski definition) is 0. The van der Waals surface area contributed by atoms with Crippen LogP contribution in [0.2, 0.25) is 0 Å². The zero-order valence-electron chi connectivity index (χ0n) is 5.44. The average Bonchev–Trinajstić information content (AvgIpc) is 2.67. The maximum Gasteiger partial charge on any atom is -0.00934 e. The Morgan fingerprint density at radius 1 is 0.545 bits per heavy atom. The van der Waals surface area contributed by atoms with Gasteiger partial charge >= 0.3 is 0 Å². The number of thiophene rings is 2. The van der Waals surface area contributed by atoms with E-state index < -0.39 is 0 Å². The van der Waals surface area contributed by atoms with Crippen LogP contribution in [0.1, 0.15) is 0 Å². The Morgan fingerprint density at radius 2 is 0.818 bits per heavy atom. The Hall–Kier alpha value is -0.383. The third-order valence-electron chi connectivity index (χ3n) is 0.851. The molecule has 0 aliphatic rings. The Labute approximate surface area is 79.5 Å². The molecule has 0 saturated carbocycles. The second kappa shape index (κ2) is 7.72. The van der Waals surface area contributed by atoms with Gasteiger partial charge in [0.2, 0.25) is 0 Å². The molecule has 0 fully saturated rings. The molecule has 60 valence electrons. The van der Waals surface area contributed by atoms with Crippen molar-refractivity contribution in [2.75, 3.05) is 0 Å². The van der Waals surface area contributed by atoms with Crippen molar-refractivity contribution in [3.63, 3.8) is 0 Å². The molecule has 0 aliphatic heterocycles. The molecule has 0 spiro atoms. The van der Waals surface area contributed by atoms with Crippen molar-refractivity contribution in [1.82, 2.24) is 0 Å². The Balaban J connectivity index is 0.000000167. The van der Waals surface area contributed by atoms with E-state index in [9.17, 15) is 0 Å². The molecule has 0 N–H and O–H groups in total. The van der Waals surface area contributed by atoms with E-state index in [1.54, 1.807) is 22.7 Å². The van der Waals surface area contributed by atoms with E-state index in [1.165, 1.54) is 0 Å². The van der Waals surface area contributed by atoms with E-state index in [0.717, 1.165) is 0 Å². The summed E-state index contributed by atoms with van der Waals surface area (Å²) in [6, 6.07) is 8.07. The first kappa shape index (κ1) is 10.6. The molecule has 0 radical (unpaired) electrons. The molecule has 2 aromatic heterocycles. The third-order valence-corrected chi connectivity index (χ3v) is 2.11. The number of rotatable bonds is 0. The largest absolute Gasteiger partial charge is 0.152 e. The molecule has 0 unspecified atom stereocenters. The first-order valence-corrected chi connectivity index (χ1v) is 4.83. The van der Waals surface area contributed by atoms with E-state index >= 15 is 0 Å². The third kappa shape index (κ3) is 6.03. The van der Waals surface area contributed by atoms with Crippen LogP contribution < -0.4 is 0 Å². The highest BCUT2D eigenvalue weighted by atomic mass is 32.1. The molecule has 0 saturated heterocycles. The van der Waals surface area contributed by atoms with Gasteiger partial charge in [-0.3, -0.25) is 0 Å². The lowest BCUT2D eigenvalue weighted by Crippen LogP contribution is -1.16. The first-order valence-electron chi connectivity index (χ1n) is 2.94. The van der Waals surface area contributed by atoms with Gasteiger partial charge in [-0.05, 0) is 32.5 Å². The van der Waals surface area contributed by atoms with Crippen LogP contribution in [-0.2, 0) is 0 Å². The molecule has 0 amide bonds. The maximum atomic E-state index is 2.04. The van der Waals surface area contributed by atoms with E-state index in [2.05, 4.69) is 0 Å². The summed E-state index contributed by atoms with van der Waals surface area (Å²) in [5.74, 6) is 0. The van der Waals surface area contributed by atoms with Gasteiger partial charge < -0.3 is 0 Å². The van der Waals surface area contributed by atoms with Crippen LogP contribution in [-0.4, -0.2) is 11.0 Å². The Bertz CT molecular complexity index is 151. The highest BCUT2D eigenvalue weighted by Gasteiger charge is 1.59. The monoisotopic (exact) mass is 200 g/mol. The van der Waals surface area contributed by atoms with E-state index in [0.29, 0.717) is 0 Å². The van der Waals surface area contributed by atoms with Gasteiger partial charge in [0, 0.05) is 0 Å². The fraction of sp³-hybridized carbons (Fsp3) is 0. The Kier molecular flexibility index (Phi) is 7.45. The zero-order chi connectivity index (χ0) is 7.07. The summed E-state index contributed by atoms with van der Waals surface area (Å²) in [4.78, 5) is 0. The van der Waals surface area contributed by atoms with Gasteiger partial charge in [-0.25, -0.2) is 0 Å². The van der Waals surface area contributed by atoms with Crippen LogP contribution in [0.25, 0.3) is 0 Å². The number of hydrogen-bond acceptors (Lipinski definition) is 2. The summed E-state index contributed by atoms with van der Waals surface area (Å²) >= 11 is 3.43. The minimum Gasteiger partial charge on any atom is -0.152 e. The van der Waals surface area contributed by atoms with Crippen LogP contribution >= 0.6 is 22.7 Å². The first-order chi connectivity index (χ1) is 5.00. The molecule has 2 rings (SSSR count). The van der Waals surface area contributed by atoms with Gasteiger partial charge in [-0.1, -0.05) is 24.3 Å². The minimum atomic E-state index is 0. The lowest BCUT2D eigenvalue weighted by molar-refractivity contribution is 2.03. The highest BCUT2D eigenvalue weighted by Crippen LogP contribution is 1.92. The summed E-state index contributed by atoms with van der Waals surface area (Å²) < 4.78 is 0. The van der Waals surface area contributed by atoms with E-state index in [1.807, 2.05) is 45.8 Å². The average molecular weight is 200 g/mol. The van der Waals surface area contributed by atoms with Gasteiger partial charge in [-0.15, -0.1) is 0 Å². The predicted molar refractivity (Wildman–Crippen MR) is 60.0 cm³/mol. The minimum absolute atomic E-state index is 0. The normalized spacial score (nSPS) is 7.27. The second-order valence-electron chi connectivity index (χ2n) is 1.59. The molecular formula is C8H12S2Si. The quantitative estimate of drug-likeness (QED) is 0.571. The summed E-state index contributed by atoms with van der Waals surface area (Å²) in [5.41, 5.74) is 0. The molecular weight excluding hydrogens is 188 g/mol. The topological polar surface area (TPSA) is 0 Å². The Morgan fingerprint density at radius 3 is 0.909 bits per heavy atom. The van der Waals surface area contributed by atoms with Crippen molar-refractivity contribution in [3.8, 4) is 0 Å². The fourth-order valence-electron chi connectivity index (χ4n) is 0.454. The van der Waals surface area contributed by atoms with E-state index in [-0.39, 0.29) is 11.0 Å². The van der Waals surface area contributed by atoms with Crippen LogP contribution in [0.4, 0.5) is 0 Å². The van der Waals surface area contributed by atoms with Gasteiger partial charge in [0.25, 0.3) is 0 Å². The molecule has 0 aliphatic carbocycles. The van der Waals surface area contributed by atoms with Crippen molar-refractivity contribution in [1.29, 1.82) is 0 Å². The summed E-state index contributed by atoms with van der Waals surface area (Å²) in [6.45, 7) is 0. The van der Waals surface area contributed by atoms with Crippen LogP contribution in [0.15, 0.2) is 45.8 Å². The van der Waals surface area contributed by atoms with Gasteiger partial charge in [0.05, 0.1) is 0 Å². The van der Waals surface area contributed by atoms with Crippen molar-refractivity contribution < 1.29 is 0 Å². The summed E-state index contributed by atoms with van der Waals surface area (Å²) in [6.07, 6.45) is 0. The molecule has 0 aromatic carbocycles. The molecule has 0 atom stereocenters. The predicted octanol–water partition coefficient (Wildman–Crippen LogP) is 2.04. The van der Waals surface area contributed by atoms with Crippen molar-refractivity contribution in [2.45, 2.75) is 0 Å². The van der Waals surface area contributed by atoms with Gasteiger partial charge in [-0.2, -0.15) is 22.7 Å². The van der Waals surface area contributed by atoms with Crippen molar-refractivity contribution in [2.24, 2.45) is 0 Å². The van der Waals surface area contributed by atoms with Crippen LogP contribution in [0, 0.1) is 0 Å². The molecule has 2 aromatic rings. The zero-order valence-corrected chi connectivity index (χ0v) is 7.07. The highest BCUT2D eigenvalue weighted by molar-refractivity contribution is 7.08. The molecule has 0 bridgehead atoms. The summed E-state index contributed by atoms with van der Waals surface area (Å²) in [7, 11) is 0. The lowest BCUT2D eigenvalue weighted by Gasteiger charge is -1.39. The van der Waals surface area contributed by atoms with Crippen LogP contribution in [0.5, 0.6) is 0 Å². The SMILES string of the molecule is [SiH4].c1ccsc1.c1ccsc1. The molecule has 0 nitrogen and oxygen atoms in total. The molecule has 2 heterocycles. The standard InChI is InChI=1S/2C4H4S.H4Si/c2*1-2-4-5-3-1;/h2*1-4H;1H4. The van der Waals surface area contributed by atoms with Crippen molar-refractivity contribution >= 4 is 33.6 Å². The second-order valence-corrected chi connectivity index (χ2v) is 3.22. The lowest BCUT2D eigenvalue weighted by atomic mass is 10.7. The molecule has 11 heavy (non-hydrogen) atoms. The molecule has 3 heteroatoms. The van der Waals surface area contributed by atoms with E-state index in [4.69, 9.17) is 0 Å². The van der Waals surface area contributed by atoms with Crippen molar-refractivity contribution in [3.05, 3.63) is 45.8 Å².